The monoisotopic (exact) mass is 363 g/mol. The van der Waals surface area contributed by atoms with Crippen LogP contribution in [0.1, 0.15) is 37.1 Å². The quantitative estimate of drug-likeness (QED) is 0.728. The molecule has 1 fully saturated rings. The van der Waals surface area contributed by atoms with Crippen LogP contribution in [0.2, 0.25) is 0 Å². The minimum Gasteiger partial charge on any atom is -0.493 e. The van der Waals surface area contributed by atoms with Gasteiger partial charge in [0.15, 0.2) is 18.2 Å². The Morgan fingerprint density at radius 3 is 2.72 bits per heavy atom. The van der Waals surface area contributed by atoms with E-state index in [1.54, 1.807) is 7.11 Å². The Labute approximate surface area is 154 Å². The van der Waals surface area contributed by atoms with Crippen molar-refractivity contribution >= 4 is 12.2 Å². The molecule has 136 valence electrons. The van der Waals surface area contributed by atoms with Crippen LogP contribution in [0.3, 0.4) is 0 Å². The molecule has 0 saturated heterocycles. The molecule has 1 saturated carbocycles. The molecule has 0 bridgehead atoms. The number of quaternary nitrogens is 1. The first kappa shape index (κ1) is 17.9. The number of hydrogen-bond acceptors (Lipinski definition) is 4. The average molecular weight is 364 g/mol. The number of rotatable bonds is 8. The summed E-state index contributed by atoms with van der Waals surface area (Å²) in [7, 11) is 5.84. The molecule has 25 heavy (non-hydrogen) atoms. The van der Waals surface area contributed by atoms with Crippen LogP contribution in [0, 0.1) is 4.77 Å². The van der Waals surface area contributed by atoms with Crippen molar-refractivity contribution in [3.05, 3.63) is 34.4 Å². The van der Waals surface area contributed by atoms with Crippen molar-refractivity contribution in [1.29, 1.82) is 0 Å². The molecule has 0 aliphatic heterocycles. The van der Waals surface area contributed by atoms with Gasteiger partial charge in [-0.2, -0.15) is 9.78 Å². The molecule has 1 unspecified atom stereocenters. The summed E-state index contributed by atoms with van der Waals surface area (Å²) >= 11 is 5.54. The third-order valence-corrected chi connectivity index (χ3v) is 4.96. The van der Waals surface area contributed by atoms with Crippen LogP contribution in [0.5, 0.6) is 11.5 Å². The molecule has 0 spiro atoms. The lowest BCUT2D eigenvalue weighted by molar-refractivity contribution is -0.917. The van der Waals surface area contributed by atoms with Crippen LogP contribution in [0.4, 0.5) is 0 Å². The number of nitrogens with one attached hydrogen (secondary N) is 1. The minimum atomic E-state index is 0.601. The highest BCUT2D eigenvalue weighted by atomic mass is 32.1. The van der Waals surface area contributed by atoms with Crippen molar-refractivity contribution < 1.29 is 14.4 Å². The summed E-state index contributed by atoms with van der Waals surface area (Å²) in [4.78, 5) is 1.31. The van der Waals surface area contributed by atoms with Crippen LogP contribution in [0.15, 0.2) is 18.2 Å². The number of aromatic nitrogens is 3. The standard InChI is InChI=1S/C18H26N4O2S/c1-5-24-15-9-6-13(10-16(15)23-4)11-20(2)12-22-18(25)21(3)17(19-22)14-7-8-14/h6,9-10,14H,5,7-8,11-12H2,1-4H3/p+1. The predicted molar refractivity (Wildman–Crippen MR) is 98.8 cm³/mol. The molecule has 0 radical (unpaired) electrons. The van der Waals surface area contributed by atoms with Crippen molar-refractivity contribution in [3.63, 3.8) is 0 Å². The summed E-state index contributed by atoms with van der Waals surface area (Å²) in [5, 5.41) is 4.74. The van der Waals surface area contributed by atoms with E-state index in [9.17, 15) is 0 Å². The highest BCUT2D eigenvalue weighted by Crippen LogP contribution is 2.38. The van der Waals surface area contributed by atoms with E-state index in [1.807, 2.05) is 30.8 Å². The van der Waals surface area contributed by atoms with Gasteiger partial charge in [-0.3, -0.25) is 0 Å². The topological polar surface area (TPSA) is 45.7 Å². The lowest BCUT2D eigenvalue weighted by Gasteiger charge is -2.15. The van der Waals surface area contributed by atoms with Gasteiger partial charge in [-0.1, -0.05) is 0 Å². The Morgan fingerprint density at radius 2 is 2.08 bits per heavy atom. The highest BCUT2D eigenvalue weighted by Gasteiger charge is 2.29. The van der Waals surface area contributed by atoms with E-state index in [-0.39, 0.29) is 0 Å². The molecule has 7 heteroatoms. The molecule has 0 amide bonds. The minimum absolute atomic E-state index is 0.601. The molecule has 1 aromatic heterocycles. The third kappa shape index (κ3) is 4.04. The summed E-state index contributed by atoms with van der Waals surface area (Å²) in [6.45, 7) is 4.20. The van der Waals surface area contributed by atoms with Gasteiger partial charge >= 0.3 is 0 Å². The molecular formula is C18H27N4O2S+. The smallest absolute Gasteiger partial charge is 0.202 e. The van der Waals surface area contributed by atoms with Gasteiger partial charge in [-0.15, -0.1) is 0 Å². The molecule has 1 atom stereocenters. The van der Waals surface area contributed by atoms with E-state index in [4.69, 9.17) is 26.8 Å². The van der Waals surface area contributed by atoms with Crippen LogP contribution in [-0.2, 0) is 20.3 Å². The Hall–Kier alpha value is -1.86. The highest BCUT2D eigenvalue weighted by molar-refractivity contribution is 7.71. The molecule has 1 aliphatic rings. The van der Waals surface area contributed by atoms with Crippen LogP contribution < -0.4 is 14.4 Å². The van der Waals surface area contributed by atoms with Gasteiger partial charge in [-0.05, 0) is 50.2 Å². The first-order valence-corrected chi connectivity index (χ1v) is 9.19. The van der Waals surface area contributed by atoms with Gasteiger partial charge < -0.3 is 18.9 Å². The van der Waals surface area contributed by atoms with Crippen LogP contribution in [-0.4, -0.2) is 35.1 Å². The van der Waals surface area contributed by atoms with Crippen molar-refractivity contribution in [3.8, 4) is 11.5 Å². The first-order chi connectivity index (χ1) is 12.0. The summed E-state index contributed by atoms with van der Waals surface area (Å²) in [6, 6.07) is 6.11. The molecule has 1 N–H and O–H groups in total. The SMILES string of the molecule is CCOc1ccc(C[NH+](C)Cn2nc(C3CC3)n(C)c2=S)cc1OC. The molecule has 6 nitrogen and oxygen atoms in total. The van der Waals surface area contributed by atoms with E-state index < -0.39 is 0 Å². The lowest BCUT2D eigenvalue weighted by atomic mass is 10.2. The Kier molecular flexibility index (Phi) is 5.44. The molecule has 3 rings (SSSR count). The second-order valence-corrected chi connectivity index (χ2v) is 7.05. The summed E-state index contributed by atoms with van der Waals surface area (Å²) in [6.07, 6.45) is 2.46. The maximum absolute atomic E-state index is 5.58. The van der Waals surface area contributed by atoms with Crippen molar-refractivity contribution in [2.45, 2.75) is 38.9 Å². The predicted octanol–water partition coefficient (Wildman–Crippen LogP) is 1.91. The third-order valence-electron chi connectivity index (χ3n) is 4.47. The molecule has 1 heterocycles. The number of benzene rings is 1. The van der Waals surface area contributed by atoms with Gasteiger partial charge in [0.25, 0.3) is 0 Å². The van der Waals surface area contributed by atoms with Crippen molar-refractivity contribution in [2.75, 3.05) is 20.8 Å². The maximum atomic E-state index is 5.58. The lowest BCUT2D eigenvalue weighted by Crippen LogP contribution is -3.07. The van der Waals surface area contributed by atoms with Crippen LogP contribution >= 0.6 is 12.2 Å². The largest absolute Gasteiger partial charge is 0.493 e. The molecule has 1 aromatic carbocycles. The Morgan fingerprint density at radius 1 is 1.32 bits per heavy atom. The van der Waals surface area contributed by atoms with Crippen molar-refractivity contribution in [2.24, 2.45) is 7.05 Å². The Balaban J connectivity index is 1.69. The van der Waals surface area contributed by atoms with Gasteiger partial charge in [0.05, 0.1) is 20.8 Å². The van der Waals surface area contributed by atoms with Gasteiger partial charge in [0.2, 0.25) is 4.77 Å². The zero-order chi connectivity index (χ0) is 18.0. The second-order valence-electron chi connectivity index (χ2n) is 6.68. The Bertz CT molecular complexity index is 795. The normalized spacial score (nSPS) is 15.2. The van der Waals surface area contributed by atoms with Crippen molar-refractivity contribution in [1.82, 2.24) is 14.3 Å². The van der Waals surface area contributed by atoms with Gasteiger partial charge in [-0.25, -0.2) is 0 Å². The number of methoxy groups -OCH3 is 1. The van der Waals surface area contributed by atoms with E-state index in [1.165, 1.54) is 23.3 Å². The fourth-order valence-electron chi connectivity index (χ4n) is 3.06. The van der Waals surface area contributed by atoms with E-state index in [0.717, 1.165) is 35.3 Å². The molecule has 2 aromatic rings. The van der Waals surface area contributed by atoms with E-state index in [0.29, 0.717) is 12.5 Å². The number of hydrogen-bond donors (Lipinski definition) is 1. The zero-order valence-corrected chi connectivity index (χ0v) is 16.2. The molecular weight excluding hydrogens is 336 g/mol. The van der Waals surface area contributed by atoms with E-state index in [2.05, 4.69) is 17.7 Å². The fourth-order valence-corrected chi connectivity index (χ4v) is 3.26. The van der Waals surface area contributed by atoms with E-state index >= 15 is 0 Å². The van der Waals surface area contributed by atoms with Crippen LogP contribution in [0.25, 0.3) is 0 Å². The number of nitrogens with zero attached hydrogens (tertiary/aromatic N) is 3. The summed E-state index contributed by atoms with van der Waals surface area (Å²) < 4.78 is 15.8. The average Bonchev–Trinajstić information content (AvgIpc) is 3.39. The summed E-state index contributed by atoms with van der Waals surface area (Å²) in [5.41, 5.74) is 1.20. The number of ether oxygens (including phenoxy) is 2. The van der Waals surface area contributed by atoms with Gasteiger partial charge in [0.1, 0.15) is 12.4 Å². The fraction of sp³-hybridized carbons (Fsp3) is 0.556. The first-order valence-electron chi connectivity index (χ1n) is 8.78. The maximum Gasteiger partial charge on any atom is 0.202 e. The van der Waals surface area contributed by atoms with Gasteiger partial charge in [0, 0.05) is 18.5 Å². The zero-order valence-electron chi connectivity index (χ0n) is 15.4. The summed E-state index contributed by atoms with van der Waals surface area (Å²) in [5.74, 6) is 3.29. The second kappa shape index (κ2) is 7.58. The molecule has 1 aliphatic carbocycles.